The first-order valence-corrected chi connectivity index (χ1v) is 10.1. The average Bonchev–Trinajstić information content (AvgIpc) is 3.25. The predicted molar refractivity (Wildman–Crippen MR) is 111 cm³/mol. The molecule has 4 heteroatoms. The molecule has 0 spiro atoms. The molecular weight excluding hydrogens is 336 g/mol. The molecule has 0 amide bonds. The summed E-state index contributed by atoms with van der Waals surface area (Å²) >= 11 is 0. The third-order valence-electron chi connectivity index (χ3n) is 5.45. The van der Waals surface area contributed by atoms with E-state index in [9.17, 15) is 5.11 Å². The van der Waals surface area contributed by atoms with E-state index in [-0.39, 0.29) is 6.61 Å². The SMILES string of the molecule is CC#CCOc1ccc2c(c1)c(CN1CCC[C@H]1CO)cn2CCC(C)C. The average molecular weight is 369 g/mol. The molecule has 1 aliphatic heterocycles. The molecule has 27 heavy (non-hydrogen) atoms. The normalized spacial score (nSPS) is 17.4. The van der Waals surface area contributed by atoms with Crippen molar-refractivity contribution >= 4 is 10.9 Å². The van der Waals surface area contributed by atoms with Crippen LogP contribution >= 0.6 is 0 Å². The molecule has 1 aromatic heterocycles. The van der Waals surface area contributed by atoms with E-state index < -0.39 is 0 Å². The quantitative estimate of drug-likeness (QED) is 0.715. The number of ether oxygens (including phenoxy) is 1. The lowest BCUT2D eigenvalue weighted by molar-refractivity contribution is 0.154. The number of rotatable bonds is 8. The standard InChI is InChI=1S/C23H32N2O2/c1-4-5-13-27-21-8-9-23-22(14-21)19(16-25(23)12-10-18(2)3)15-24-11-6-7-20(24)17-26/h8-9,14,16,18,20,26H,6-7,10-13,15,17H2,1-3H3/t20-/m0/s1. The van der Waals surface area contributed by atoms with Crippen LogP contribution in [0.1, 0.15) is 45.6 Å². The third kappa shape index (κ3) is 4.86. The number of aromatic nitrogens is 1. The Kier molecular flexibility index (Phi) is 6.82. The molecule has 0 bridgehead atoms. The first kappa shape index (κ1) is 19.8. The van der Waals surface area contributed by atoms with E-state index in [0.717, 1.165) is 38.2 Å². The van der Waals surface area contributed by atoms with Gasteiger partial charge in [0, 0.05) is 36.2 Å². The van der Waals surface area contributed by atoms with Gasteiger partial charge in [0.1, 0.15) is 12.4 Å². The van der Waals surface area contributed by atoms with Crippen molar-refractivity contribution in [2.24, 2.45) is 5.92 Å². The second-order valence-electron chi connectivity index (χ2n) is 7.87. The smallest absolute Gasteiger partial charge is 0.149 e. The number of aliphatic hydroxyl groups is 1. The van der Waals surface area contributed by atoms with Crippen LogP contribution in [-0.2, 0) is 13.1 Å². The molecule has 1 fully saturated rings. The van der Waals surface area contributed by atoms with Crippen LogP contribution in [0.15, 0.2) is 24.4 Å². The molecule has 2 heterocycles. The summed E-state index contributed by atoms with van der Waals surface area (Å²) in [6.45, 7) is 10.00. The van der Waals surface area contributed by atoms with Gasteiger partial charge in [-0.05, 0) is 62.4 Å². The Morgan fingerprint density at radius 1 is 1.33 bits per heavy atom. The Bertz CT molecular complexity index is 813. The molecule has 4 nitrogen and oxygen atoms in total. The second-order valence-corrected chi connectivity index (χ2v) is 7.87. The molecule has 1 N–H and O–H groups in total. The predicted octanol–water partition coefficient (Wildman–Crippen LogP) is 4.05. The second kappa shape index (κ2) is 9.30. The first-order valence-electron chi connectivity index (χ1n) is 10.1. The lowest BCUT2D eigenvalue weighted by Crippen LogP contribution is -2.31. The van der Waals surface area contributed by atoms with Gasteiger partial charge in [0.2, 0.25) is 0 Å². The van der Waals surface area contributed by atoms with Gasteiger partial charge < -0.3 is 14.4 Å². The van der Waals surface area contributed by atoms with Gasteiger partial charge >= 0.3 is 0 Å². The zero-order valence-corrected chi connectivity index (χ0v) is 16.9. The summed E-state index contributed by atoms with van der Waals surface area (Å²) in [6, 6.07) is 6.65. The lowest BCUT2D eigenvalue weighted by atomic mass is 10.1. The summed E-state index contributed by atoms with van der Waals surface area (Å²) < 4.78 is 8.17. The van der Waals surface area contributed by atoms with Crippen molar-refractivity contribution in [2.45, 2.75) is 59.2 Å². The van der Waals surface area contributed by atoms with Gasteiger partial charge in [-0.2, -0.15) is 0 Å². The summed E-state index contributed by atoms with van der Waals surface area (Å²) in [6.07, 6.45) is 5.72. The number of benzene rings is 1. The van der Waals surface area contributed by atoms with E-state index in [1.54, 1.807) is 0 Å². The van der Waals surface area contributed by atoms with Crippen molar-refractivity contribution in [3.05, 3.63) is 30.0 Å². The van der Waals surface area contributed by atoms with Crippen LogP contribution in [0.5, 0.6) is 5.75 Å². The van der Waals surface area contributed by atoms with Crippen molar-refractivity contribution in [3.8, 4) is 17.6 Å². The minimum atomic E-state index is 0.246. The number of hydrogen-bond acceptors (Lipinski definition) is 3. The monoisotopic (exact) mass is 368 g/mol. The van der Waals surface area contributed by atoms with Crippen molar-refractivity contribution in [1.29, 1.82) is 0 Å². The topological polar surface area (TPSA) is 37.6 Å². The zero-order chi connectivity index (χ0) is 19.2. The van der Waals surface area contributed by atoms with Gasteiger partial charge in [-0.3, -0.25) is 4.90 Å². The molecule has 0 saturated carbocycles. The highest BCUT2D eigenvalue weighted by atomic mass is 16.5. The molecule has 1 aliphatic rings. The van der Waals surface area contributed by atoms with Gasteiger partial charge in [0.25, 0.3) is 0 Å². The number of aryl methyl sites for hydroxylation is 1. The molecular formula is C23H32N2O2. The van der Waals surface area contributed by atoms with Crippen LogP contribution in [0, 0.1) is 17.8 Å². The van der Waals surface area contributed by atoms with Gasteiger partial charge in [-0.25, -0.2) is 0 Å². The van der Waals surface area contributed by atoms with Crippen LogP contribution in [-0.4, -0.2) is 40.4 Å². The Morgan fingerprint density at radius 3 is 2.93 bits per heavy atom. The van der Waals surface area contributed by atoms with E-state index in [1.165, 1.54) is 22.9 Å². The minimum Gasteiger partial charge on any atom is -0.481 e. The molecule has 1 atom stereocenters. The molecule has 146 valence electrons. The zero-order valence-electron chi connectivity index (χ0n) is 16.9. The Balaban J connectivity index is 1.90. The van der Waals surface area contributed by atoms with Crippen LogP contribution in [0.2, 0.25) is 0 Å². The Morgan fingerprint density at radius 2 is 2.19 bits per heavy atom. The third-order valence-corrected chi connectivity index (χ3v) is 5.45. The summed E-state index contributed by atoms with van der Waals surface area (Å²) in [7, 11) is 0. The summed E-state index contributed by atoms with van der Waals surface area (Å²) in [5, 5.41) is 10.9. The molecule has 3 rings (SSSR count). The fourth-order valence-electron chi connectivity index (χ4n) is 3.87. The summed E-state index contributed by atoms with van der Waals surface area (Å²) in [5.41, 5.74) is 2.58. The summed E-state index contributed by atoms with van der Waals surface area (Å²) in [4.78, 5) is 2.41. The highest BCUT2D eigenvalue weighted by Crippen LogP contribution is 2.29. The van der Waals surface area contributed by atoms with E-state index in [1.807, 2.05) is 13.0 Å². The fourth-order valence-corrected chi connectivity index (χ4v) is 3.87. The Hall–Kier alpha value is -1.96. The number of aliphatic hydroxyl groups excluding tert-OH is 1. The van der Waals surface area contributed by atoms with Crippen LogP contribution in [0.4, 0.5) is 0 Å². The molecule has 0 radical (unpaired) electrons. The first-order chi connectivity index (χ1) is 13.1. The number of nitrogens with zero attached hydrogens (tertiary/aromatic N) is 2. The van der Waals surface area contributed by atoms with Crippen molar-refractivity contribution in [2.75, 3.05) is 19.8 Å². The van der Waals surface area contributed by atoms with E-state index in [4.69, 9.17) is 4.74 Å². The van der Waals surface area contributed by atoms with Crippen molar-refractivity contribution < 1.29 is 9.84 Å². The molecule has 0 aliphatic carbocycles. The van der Waals surface area contributed by atoms with Gasteiger partial charge in [0.15, 0.2) is 0 Å². The van der Waals surface area contributed by atoms with Crippen LogP contribution in [0.25, 0.3) is 10.9 Å². The molecule has 1 saturated heterocycles. The number of fused-ring (bicyclic) bond motifs is 1. The van der Waals surface area contributed by atoms with Crippen LogP contribution in [0.3, 0.4) is 0 Å². The maximum absolute atomic E-state index is 9.66. The fraction of sp³-hybridized carbons (Fsp3) is 0.565. The van der Waals surface area contributed by atoms with E-state index >= 15 is 0 Å². The van der Waals surface area contributed by atoms with E-state index in [2.05, 4.69) is 53.5 Å². The van der Waals surface area contributed by atoms with Crippen molar-refractivity contribution in [1.82, 2.24) is 9.47 Å². The lowest BCUT2D eigenvalue weighted by Gasteiger charge is -2.22. The van der Waals surface area contributed by atoms with Gasteiger partial charge in [-0.15, -0.1) is 5.92 Å². The molecule has 1 aromatic carbocycles. The van der Waals surface area contributed by atoms with Gasteiger partial charge in [-0.1, -0.05) is 19.8 Å². The molecule has 2 aromatic rings. The maximum atomic E-state index is 9.66. The number of hydrogen-bond donors (Lipinski definition) is 1. The Labute approximate surface area is 163 Å². The number of likely N-dealkylation sites (tertiary alicyclic amines) is 1. The minimum absolute atomic E-state index is 0.246. The largest absolute Gasteiger partial charge is 0.481 e. The highest BCUT2D eigenvalue weighted by molar-refractivity contribution is 5.85. The van der Waals surface area contributed by atoms with E-state index in [0.29, 0.717) is 18.6 Å². The van der Waals surface area contributed by atoms with Crippen LogP contribution < -0.4 is 4.74 Å². The maximum Gasteiger partial charge on any atom is 0.149 e. The van der Waals surface area contributed by atoms with Crippen molar-refractivity contribution in [3.63, 3.8) is 0 Å². The highest BCUT2D eigenvalue weighted by Gasteiger charge is 2.25. The molecule has 0 unspecified atom stereocenters. The van der Waals surface area contributed by atoms with Gasteiger partial charge in [0.05, 0.1) is 6.61 Å². The summed E-state index contributed by atoms with van der Waals surface area (Å²) in [5.74, 6) is 7.37.